The van der Waals surface area contributed by atoms with E-state index in [0.717, 1.165) is 70.1 Å². The number of hydrogen-bond acceptors (Lipinski definition) is 6. The van der Waals surface area contributed by atoms with Crippen LogP contribution in [0.2, 0.25) is 0 Å². The molecule has 0 amide bonds. The first-order valence-corrected chi connectivity index (χ1v) is 22.7. The van der Waals surface area contributed by atoms with Gasteiger partial charge in [0.1, 0.15) is 6.61 Å². The van der Waals surface area contributed by atoms with Crippen molar-refractivity contribution >= 4 is 11.9 Å². The lowest BCUT2D eigenvalue weighted by Crippen LogP contribution is -2.28. The van der Waals surface area contributed by atoms with Gasteiger partial charge in [0, 0.05) is 12.8 Å². The second-order valence-electron chi connectivity index (χ2n) is 15.5. The van der Waals surface area contributed by atoms with E-state index in [1.165, 1.54) is 109 Å². The summed E-state index contributed by atoms with van der Waals surface area (Å²) in [5, 5.41) is 19.4. The van der Waals surface area contributed by atoms with Crippen molar-refractivity contribution in [2.75, 3.05) is 13.2 Å². The number of allylic oxidation sites excluding steroid dienone is 7. The Morgan fingerprint density at radius 2 is 1.02 bits per heavy atom. The summed E-state index contributed by atoms with van der Waals surface area (Å²) in [5.41, 5.74) is 0. The average molecular weight is 759 g/mol. The molecule has 3 atom stereocenters. The fourth-order valence-corrected chi connectivity index (χ4v) is 6.37. The Labute approximate surface area is 333 Å². The third kappa shape index (κ3) is 39.5. The van der Waals surface area contributed by atoms with E-state index in [1.54, 1.807) is 0 Å². The van der Waals surface area contributed by atoms with Gasteiger partial charge < -0.3 is 19.7 Å². The lowest BCUT2D eigenvalue weighted by molar-refractivity contribution is -0.161. The molecule has 0 aromatic heterocycles. The molecule has 6 nitrogen and oxygen atoms in total. The second kappa shape index (κ2) is 42.0. The molecule has 2 N–H and O–H groups in total. The summed E-state index contributed by atoms with van der Waals surface area (Å²) >= 11 is 0. The number of esters is 2. The molecule has 1 unspecified atom stereocenters. The fraction of sp³-hybridized carbons (Fsp3) is 0.792. The summed E-state index contributed by atoms with van der Waals surface area (Å²) in [4.78, 5) is 24.3. The molecule has 0 aliphatic heterocycles. The van der Waals surface area contributed by atoms with Crippen LogP contribution in [0.3, 0.4) is 0 Å². The maximum absolute atomic E-state index is 12.2. The van der Waals surface area contributed by atoms with Crippen molar-refractivity contribution in [1.82, 2.24) is 0 Å². The van der Waals surface area contributed by atoms with Gasteiger partial charge in [-0.3, -0.25) is 9.59 Å². The minimum Gasteiger partial charge on any atom is -0.462 e. The highest BCUT2D eigenvalue weighted by molar-refractivity contribution is 5.70. The minimum absolute atomic E-state index is 0.105. The smallest absolute Gasteiger partial charge is 0.306 e. The van der Waals surface area contributed by atoms with Crippen LogP contribution >= 0.6 is 0 Å². The summed E-state index contributed by atoms with van der Waals surface area (Å²) in [6, 6.07) is 0. The van der Waals surface area contributed by atoms with Crippen LogP contribution in [0.4, 0.5) is 0 Å². The highest BCUT2D eigenvalue weighted by Gasteiger charge is 2.16. The number of aliphatic hydroxyl groups excluding tert-OH is 2. The Morgan fingerprint density at radius 3 is 1.52 bits per heavy atom. The highest BCUT2D eigenvalue weighted by atomic mass is 16.6. The molecular weight excluding hydrogens is 673 g/mol. The van der Waals surface area contributed by atoms with Gasteiger partial charge >= 0.3 is 11.9 Å². The number of unbranched alkanes of at least 4 members (excludes halogenated alkanes) is 19. The van der Waals surface area contributed by atoms with Crippen LogP contribution in [0.25, 0.3) is 0 Å². The molecular formula is C48H86O6. The van der Waals surface area contributed by atoms with Crippen LogP contribution in [0.1, 0.15) is 213 Å². The fourth-order valence-electron chi connectivity index (χ4n) is 6.37. The van der Waals surface area contributed by atoms with E-state index in [-0.39, 0.29) is 31.3 Å². The maximum Gasteiger partial charge on any atom is 0.306 e. The molecule has 0 spiro atoms. The van der Waals surface area contributed by atoms with E-state index >= 15 is 0 Å². The molecule has 0 radical (unpaired) electrons. The van der Waals surface area contributed by atoms with Crippen molar-refractivity contribution in [1.29, 1.82) is 0 Å². The van der Waals surface area contributed by atoms with Crippen molar-refractivity contribution in [3.8, 4) is 0 Å². The molecule has 0 aromatic carbocycles. The van der Waals surface area contributed by atoms with Crippen molar-refractivity contribution in [2.24, 2.45) is 5.92 Å². The van der Waals surface area contributed by atoms with Crippen LogP contribution in [0.5, 0.6) is 0 Å². The monoisotopic (exact) mass is 759 g/mol. The zero-order valence-electron chi connectivity index (χ0n) is 35.5. The number of carbonyl (C=O) groups is 2. The van der Waals surface area contributed by atoms with Crippen molar-refractivity contribution in [3.63, 3.8) is 0 Å². The normalized spacial score (nSPS) is 13.8. The van der Waals surface area contributed by atoms with Gasteiger partial charge in [-0.2, -0.15) is 0 Å². The zero-order chi connectivity index (χ0) is 39.6. The molecule has 0 saturated carbocycles. The van der Waals surface area contributed by atoms with Gasteiger partial charge in [-0.25, -0.2) is 0 Å². The summed E-state index contributed by atoms with van der Waals surface area (Å²) in [5.74, 6) is 0.236. The van der Waals surface area contributed by atoms with Crippen molar-refractivity contribution in [3.05, 3.63) is 48.6 Å². The Bertz CT molecular complexity index is 937. The predicted octanol–water partition coefficient (Wildman–Crippen LogP) is 13.4. The third-order valence-corrected chi connectivity index (χ3v) is 10.2. The molecule has 0 aliphatic rings. The van der Waals surface area contributed by atoms with Gasteiger partial charge in [0.15, 0.2) is 6.10 Å². The SMILES string of the molecule is CCCC[C@H](O)/C=C\C/C=C\C/C=C\C/C=C\CCCC(=O)OC[C@H](CO)OC(=O)CCCCCCCCCCCCCCCCCCCCC(C)CC. The summed E-state index contributed by atoms with van der Waals surface area (Å²) in [7, 11) is 0. The molecule has 0 aromatic rings. The largest absolute Gasteiger partial charge is 0.462 e. The number of ether oxygens (including phenoxy) is 2. The first-order chi connectivity index (χ1) is 26.4. The molecule has 0 bridgehead atoms. The van der Waals surface area contributed by atoms with Crippen LogP contribution in [0, 0.1) is 5.92 Å². The maximum atomic E-state index is 12.2. The molecule has 0 rings (SSSR count). The lowest BCUT2D eigenvalue weighted by atomic mass is 9.99. The van der Waals surface area contributed by atoms with Crippen LogP contribution in [-0.2, 0) is 19.1 Å². The molecule has 0 heterocycles. The molecule has 0 saturated heterocycles. The van der Waals surface area contributed by atoms with Crippen LogP contribution < -0.4 is 0 Å². The van der Waals surface area contributed by atoms with E-state index in [4.69, 9.17) is 9.47 Å². The minimum atomic E-state index is -0.804. The number of hydrogen-bond donors (Lipinski definition) is 2. The van der Waals surface area contributed by atoms with Crippen molar-refractivity contribution < 1.29 is 29.3 Å². The average Bonchev–Trinajstić information content (AvgIpc) is 3.17. The highest BCUT2D eigenvalue weighted by Crippen LogP contribution is 2.17. The van der Waals surface area contributed by atoms with Gasteiger partial charge in [0.2, 0.25) is 0 Å². The first-order valence-electron chi connectivity index (χ1n) is 22.7. The molecule has 0 fully saturated rings. The van der Waals surface area contributed by atoms with Crippen LogP contribution in [-0.4, -0.2) is 47.6 Å². The molecule has 314 valence electrons. The Morgan fingerprint density at radius 1 is 0.556 bits per heavy atom. The summed E-state index contributed by atoms with van der Waals surface area (Å²) < 4.78 is 10.6. The van der Waals surface area contributed by atoms with E-state index in [9.17, 15) is 19.8 Å². The quantitative estimate of drug-likeness (QED) is 0.0367. The van der Waals surface area contributed by atoms with E-state index in [0.29, 0.717) is 19.3 Å². The predicted molar refractivity (Wildman–Crippen MR) is 230 cm³/mol. The lowest BCUT2D eigenvalue weighted by Gasteiger charge is -2.15. The van der Waals surface area contributed by atoms with Crippen LogP contribution in [0.15, 0.2) is 48.6 Å². The first kappa shape index (κ1) is 51.8. The van der Waals surface area contributed by atoms with E-state index in [1.807, 2.05) is 12.2 Å². The summed E-state index contributed by atoms with van der Waals surface area (Å²) in [6.07, 6.45) is 49.5. The van der Waals surface area contributed by atoms with E-state index in [2.05, 4.69) is 57.2 Å². The van der Waals surface area contributed by atoms with Gasteiger partial charge in [0.25, 0.3) is 0 Å². The molecule has 0 aliphatic carbocycles. The Hall–Kier alpha value is -2.18. The van der Waals surface area contributed by atoms with Gasteiger partial charge in [-0.1, -0.05) is 204 Å². The molecule has 6 heteroatoms. The number of carbonyl (C=O) groups excluding carboxylic acids is 2. The second-order valence-corrected chi connectivity index (χ2v) is 15.5. The summed E-state index contributed by atoms with van der Waals surface area (Å²) in [6.45, 7) is 6.35. The Kier molecular flexibility index (Phi) is 40.3. The number of rotatable bonds is 40. The van der Waals surface area contributed by atoms with Crippen molar-refractivity contribution in [2.45, 2.75) is 226 Å². The zero-order valence-corrected chi connectivity index (χ0v) is 35.5. The third-order valence-electron chi connectivity index (χ3n) is 10.2. The molecule has 54 heavy (non-hydrogen) atoms. The standard InChI is InChI=1S/C48H86O6/c1-4-6-38-45(50)39-34-30-26-22-18-15-16-19-23-27-31-35-40-47(51)53-43-46(42-49)54-48(52)41-36-32-28-24-20-14-12-10-8-7-9-11-13-17-21-25-29-33-37-44(3)5-2/h15-16,22-23,26-27,34,39,44-46,49-50H,4-14,17-21,24-25,28-33,35-38,40-43H2,1-3H3/b16-15-,26-22-,27-23-,39-34-/t44?,45-,46-/m0/s1. The van der Waals surface area contributed by atoms with Gasteiger partial charge in [-0.05, 0) is 50.9 Å². The van der Waals surface area contributed by atoms with E-state index < -0.39 is 6.10 Å². The number of aliphatic hydroxyl groups is 2. The van der Waals surface area contributed by atoms with Gasteiger partial charge in [-0.15, -0.1) is 0 Å². The Balaban J connectivity index is 3.61. The topological polar surface area (TPSA) is 93.1 Å². The van der Waals surface area contributed by atoms with Gasteiger partial charge in [0.05, 0.1) is 12.7 Å².